The van der Waals surface area contributed by atoms with E-state index in [4.69, 9.17) is 0 Å². The van der Waals surface area contributed by atoms with Crippen molar-refractivity contribution in [1.82, 2.24) is 5.32 Å². The highest BCUT2D eigenvalue weighted by molar-refractivity contribution is 5.75. The van der Waals surface area contributed by atoms with Gasteiger partial charge in [-0.05, 0) is 45.2 Å². The quantitative estimate of drug-likeness (QED) is 0.639. The van der Waals surface area contributed by atoms with Crippen molar-refractivity contribution in [3.05, 3.63) is 0 Å². The average molecular weight is 183 g/mol. The Kier molecular flexibility index (Phi) is 5.06. The van der Waals surface area contributed by atoms with Gasteiger partial charge in [-0.15, -0.1) is 0 Å². The van der Waals surface area contributed by atoms with Crippen LogP contribution < -0.4 is 5.32 Å². The molecule has 0 amide bonds. The Morgan fingerprint density at radius 3 is 2.85 bits per heavy atom. The van der Waals surface area contributed by atoms with Crippen molar-refractivity contribution in [3.63, 3.8) is 0 Å². The summed E-state index contributed by atoms with van der Waals surface area (Å²) in [5.74, 6) is 1.25. The van der Waals surface area contributed by atoms with Gasteiger partial charge in [0, 0.05) is 6.42 Å². The number of Topliss-reactive ketones (excluding diaryl/α,β-unsaturated/α-hetero) is 1. The maximum atomic E-state index is 10.7. The van der Waals surface area contributed by atoms with E-state index in [2.05, 4.69) is 5.32 Å². The van der Waals surface area contributed by atoms with Gasteiger partial charge >= 0.3 is 0 Å². The number of hydrogen-bond acceptors (Lipinski definition) is 2. The Bertz CT molecular complexity index is 150. The predicted molar refractivity (Wildman–Crippen MR) is 54.7 cm³/mol. The monoisotopic (exact) mass is 183 g/mol. The van der Waals surface area contributed by atoms with Crippen LogP contribution in [-0.2, 0) is 4.79 Å². The summed E-state index contributed by atoms with van der Waals surface area (Å²) in [6.45, 7) is 4.10. The zero-order valence-electron chi connectivity index (χ0n) is 8.64. The number of ketones is 1. The van der Waals surface area contributed by atoms with E-state index in [0.29, 0.717) is 5.78 Å². The molecule has 0 bridgehead atoms. The van der Waals surface area contributed by atoms with Crippen LogP contribution in [0.3, 0.4) is 0 Å². The van der Waals surface area contributed by atoms with Crippen molar-refractivity contribution >= 4 is 5.78 Å². The SMILES string of the molecule is CC(=O)CCCCC[C@@H]1CCNC1. The van der Waals surface area contributed by atoms with Gasteiger partial charge in [0.1, 0.15) is 5.78 Å². The van der Waals surface area contributed by atoms with Crippen molar-refractivity contribution in [2.24, 2.45) is 5.92 Å². The maximum absolute atomic E-state index is 10.7. The molecule has 13 heavy (non-hydrogen) atoms. The fraction of sp³-hybridized carbons (Fsp3) is 0.909. The third-order valence-corrected chi connectivity index (χ3v) is 2.80. The minimum Gasteiger partial charge on any atom is -0.316 e. The molecular weight excluding hydrogens is 162 g/mol. The first-order valence-corrected chi connectivity index (χ1v) is 5.49. The van der Waals surface area contributed by atoms with Crippen molar-refractivity contribution in [1.29, 1.82) is 0 Å². The summed E-state index contributed by atoms with van der Waals surface area (Å²) in [7, 11) is 0. The van der Waals surface area contributed by atoms with Crippen LogP contribution in [0.2, 0.25) is 0 Å². The van der Waals surface area contributed by atoms with Gasteiger partial charge in [0.15, 0.2) is 0 Å². The molecule has 0 spiro atoms. The zero-order chi connectivity index (χ0) is 9.52. The normalized spacial score (nSPS) is 22.1. The van der Waals surface area contributed by atoms with Gasteiger partial charge in [0.2, 0.25) is 0 Å². The molecule has 0 aliphatic carbocycles. The van der Waals surface area contributed by atoms with Gasteiger partial charge in [-0.3, -0.25) is 0 Å². The summed E-state index contributed by atoms with van der Waals surface area (Å²) in [6, 6.07) is 0. The number of nitrogens with one attached hydrogen (secondary N) is 1. The van der Waals surface area contributed by atoms with Crippen LogP contribution >= 0.6 is 0 Å². The van der Waals surface area contributed by atoms with E-state index in [-0.39, 0.29) is 0 Å². The molecule has 0 aromatic carbocycles. The predicted octanol–water partition coefficient (Wildman–Crippen LogP) is 2.14. The summed E-state index contributed by atoms with van der Waals surface area (Å²) in [4.78, 5) is 10.7. The zero-order valence-corrected chi connectivity index (χ0v) is 8.64. The molecule has 0 unspecified atom stereocenters. The Balaban J connectivity index is 1.86. The summed E-state index contributed by atoms with van der Waals surface area (Å²) in [5, 5.41) is 3.38. The van der Waals surface area contributed by atoms with Crippen molar-refractivity contribution in [2.75, 3.05) is 13.1 Å². The van der Waals surface area contributed by atoms with Crippen LogP contribution in [0, 0.1) is 5.92 Å². The summed E-state index contributed by atoms with van der Waals surface area (Å²) in [5.41, 5.74) is 0. The lowest BCUT2D eigenvalue weighted by Crippen LogP contribution is -2.08. The van der Waals surface area contributed by atoms with E-state index in [9.17, 15) is 4.79 Å². The van der Waals surface area contributed by atoms with E-state index >= 15 is 0 Å². The molecule has 0 saturated carbocycles. The molecule has 1 N–H and O–H groups in total. The third kappa shape index (κ3) is 5.04. The highest BCUT2D eigenvalue weighted by atomic mass is 16.1. The molecule has 2 heteroatoms. The molecule has 1 atom stereocenters. The summed E-state index contributed by atoms with van der Waals surface area (Å²) in [6.07, 6.45) is 7.12. The Morgan fingerprint density at radius 2 is 2.23 bits per heavy atom. The van der Waals surface area contributed by atoms with Crippen LogP contribution in [0.1, 0.15) is 45.4 Å². The first kappa shape index (κ1) is 10.7. The highest BCUT2D eigenvalue weighted by Gasteiger charge is 2.12. The molecule has 0 radical (unpaired) electrons. The van der Waals surface area contributed by atoms with E-state index in [0.717, 1.165) is 18.8 Å². The van der Waals surface area contributed by atoms with Crippen LogP contribution in [0.25, 0.3) is 0 Å². The van der Waals surface area contributed by atoms with Crippen LogP contribution in [-0.4, -0.2) is 18.9 Å². The van der Waals surface area contributed by atoms with Gasteiger partial charge in [-0.2, -0.15) is 0 Å². The molecule has 1 rings (SSSR count). The number of hydrogen-bond donors (Lipinski definition) is 1. The molecule has 1 aliphatic rings. The number of rotatable bonds is 6. The van der Waals surface area contributed by atoms with Crippen molar-refractivity contribution in [2.45, 2.75) is 45.4 Å². The summed E-state index contributed by atoms with van der Waals surface area (Å²) < 4.78 is 0. The van der Waals surface area contributed by atoms with Gasteiger partial charge in [-0.25, -0.2) is 0 Å². The van der Waals surface area contributed by atoms with Gasteiger partial charge in [-0.1, -0.05) is 12.8 Å². The number of carbonyl (C=O) groups is 1. The van der Waals surface area contributed by atoms with Gasteiger partial charge < -0.3 is 10.1 Å². The lowest BCUT2D eigenvalue weighted by molar-refractivity contribution is -0.117. The lowest BCUT2D eigenvalue weighted by atomic mass is 10.00. The molecule has 1 heterocycles. The molecule has 0 aromatic rings. The second-order valence-electron chi connectivity index (χ2n) is 4.16. The average Bonchev–Trinajstić information content (AvgIpc) is 2.55. The first-order chi connectivity index (χ1) is 6.29. The van der Waals surface area contributed by atoms with Gasteiger partial charge in [0.25, 0.3) is 0 Å². The Morgan fingerprint density at radius 1 is 1.38 bits per heavy atom. The molecule has 2 nitrogen and oxygen atoms in total. The topological polar surface area (TPSA) is 29.1 Å². The largest absolute Gasteiger partial charge is 0.316 e. The molecule has 1 fully saturated rings. The molecular formula is C11H21NO. The van der Waals surface area contributed by atoms with E-state index < -0.39 is 0 Å². The number of carbonyl (C=O) groups excluding carboxylic acids is 1. The van der Waals surface area contributed by atoms with Crippen molar-refractivity contribution < 1.29 is 4.79 Å². The van der Waals surface area contributed by atoms with Crippen molar-refractivity contribution in [3.8, 4) is 0 Å². The molecule has 1 aliphatic heterocycles. The van der Waals surface area contributed by atoms with Crippen LogP contribution in [0.5, 0.6) is 0 Å². The maximum Gasteiger partial charge on any atom is 0.129 e. The summed E-state index contributed by atoms with van der Waals surface area (Å²) >= 11 is 0. The highest BCUT2D eigenvalue weighted by Crippen LogP contribution is 2.16. The standard InChI is InChI=1S/C11H21NO/c1-10(13)5-3-2-4-6-11-7-8-12-9-11/h11-12H,2-9H2,1H3/t11-/m1/s1. The smallest absolute Gasteiger partial charge is 0.129 e. The minimum atomic E-state index is 0.336. The lowest BCUT2D eigenvalue weighted by Gasteiger charge is -2.06. The Hall–Kier alpha value is -0.370. The Labute approximate surface area is 81.1 Å². The van der Waals surface area contributed by atoms with E-state index in [1.54, 1.807) is 6.92 Å². The van der Waals surface area contributed by atoms with Crippen LogP contribution in [0.15, 0.2) is 0 Å². The minimum absolute atomic E-state index is 0.336. The molecule has 76 valence electrons. The fourth-order valence-electron chi connectivity index (χ4n) is 1.94. The first-order valence-electron chi connectivity index (χ1n) is 5.49. The fourth-order valence-corrected chi connectivity index (χ4v) is 1.94. The second kappa shape index (κ2) is 6.14. The van der Waals surface area contributed by atoms with Gasteiger partial charge in [0.05, 0.1) is 0 Å². The molecule has 0 aromatic heterocycles. The van der Waals surface area contributed by atoms with E-state index in [1.165, 1.54) is 38.8 Å². The second-order valence-corrected chi connectivity index (χ2v) is 4.16. The third-order valence-electron chi connectivity index (χ3n) is 2.80. The van der Waals surface area contributed by atoms with Crippen LogP contribution in [0.4, 0.5) is 0 Å². The number of unbranched alkanes of at least 4 members (excludes halogenated alkanes) is 2. The van der Waals surface area contributed by atoms with E-state index in [1.807, 2.05) is 0 Å². The molecule has 1 saturated heterocycles.